The van der Waals surface area contributed by atoms with Gasteiger partial charge >= 0.3 is 5.97 Å². The second kappa shape index (κ2) is 3.80. The van der Waals surface area contributed by atoms with Gasteiger partial charge in [0.1, 0.15) is 0 Å². The van der Waals surface area contributed by atoms with Gasteiger partial charge in [0.05, 0.1) is 25.9 Å². The molecular weight excluding hydrogens is 180 g/mol. The largest absolute Gasteiger partial charge is 0.465 e. The quantitative estimate of drug-likeness (QED) is 0.633. The summed E-state index contributed by atoms with van der Waals surface area (Å²) in [5.41, 5.74) is 2.96. The van der Waals surface area contributed by atoms with Crippen molar-refractivity contribution in [2.24, 2.45) is 0 Å². The van der Waals surface area contributed by atoms with Crippen LogP contribution in [0.4, 0.5) is 0 Å². The van der Waals surface area contributed by atoms with E-state index in [0.29, 0.717) is 12.2 Å². The van der Waals surface area contributed by atoms with Crippen LogP contribution >= 0.6 is 0 Å². The lowest BCUT2D eigenvalue weighted by Crippen LogP contribution is -2.11. The Morgan fingerprint density at radius 1 is 1.43 bits per heavy atom. The molecule has 0 N–H and O–H groups in total. The van der Waals surface area contributed by atoms with Gasteiger partial charge in [-0.15, -0.1) is 0 Å². The molecule has 1 heterocycles. The summed E-state index contributed by atoms with van der Waals surface area (Å²) < 4.78 is 9.96. The molecule has 0 saturated heterocycles. The summed E-state index contributed by atoms with van der Waals surface area (Å²) in [6, 6.07) is 5.63. The Labute approximate surface area is 82.6 Å². The third-order valence-corrected chi connectivity index (χ3v) is 2.40. The Morgan fingerprint density at radius 2 is 2.29 bits per heavy atom. The standard InChI is InChI=1S/C11H12O3/c1-13-11(12)9-3-2-8-4-5-14-7-10(8)6-9/h2-3,6H,4-5,7H2,1H3. The van der Waals surface area contributed by atoms with E-state index in [9.17, 15) is 4.79 Å². The molecule has 1 aliphatic heterocycles. The van der Waals surface area contributed by atoms with E-state index < -0.39 is 0 Å². The molecule has 74 valence electrons. The number of hydrogen-bond acceptors (Lipinski definition) is 3. The first-order valence-electron chi connectivity index (χ1n) is 4.59. The molecule has 1 aliphatic rings. The predicted molar refractivity (Wildman–Crippen MR) is 51.1 cm³/mol. The Kier molecular flexibility index (Phi) is 2.50. The van der Waals surface area contributed by atoms with E-state index in [-0.39, 0.29) is 5.97 Å². The van der Waals surface area contributed by atoms with E-state index in [1.807, 2.05) is 12.1 Å². The smallest absolute Gasteiger partial charge is 0.337 e. The molecule has 0 amide bonds. The molecular formula is C11H12O3. The van der Waals surface area contributed by atoms with Gasteiger partial charge in [-0.1, -0.05) is 6.07 Å². The topological polar surface area (TPSA) is 35.5 Å². The molecule has 0 bridgehead atoms. The number of carbonyl (C=O) groups is 1. The van der Waals surface area contributed by atoms with Crippen molar-refractivity contribution in [3.05, 3.63) is 34.9 Å². The average molecular weight is 192 g/mol. The number of ether oxygens (including phenoxy) is 2. The zero-order valence-corrected chi connectivity index (χ0v) is 8.08. The van der Waals surface area contributed by atoms with Crippen molar-refractivity contribution in [2.75, 3.05) is 13.7 Å². The lowest BCUT2D eigenvalue weighted by molar-refractivity contribution is 0.0600. The monoisotopic (exact) mass is 192 g/mol. The Hall–Kier alpha value is -1.35. The van der Waals surface area contributed by atoms with E-state index in [2.05, 4.69) is 4.74 Å². The molecule has 14 heavy (non-hydrogen) atoms. The predicted octanol–water partition coefficient (Wildman–Crippen LogP) is 1.55. The van der Waals surface area contributed by atoms with Crippen LogP contribution in [0.3, 0.4) is 0 Å². The molecule has 0 aromatic heterocycles. The highest BCUT2D eigenvalue weighted by Crippen LogP contribution is 2.18. The summed E-state index contributed by atoms with van der Waals surface area (Å²) in [4.78, 5) is 11.2. The molecule has 1 aromatic rings. The molecule has 2 rings (SSSR count). The Bertz CT molecular complexity index is 358. The van der Waals surface area contributed by atoms with E-state index in [1.165, 1.54) is 12.7 Å². The molecule has 0 aliphatic carbocycles. The molecule has 1 aromatic carbocycles. The van der Waals surface area contributed by atoms with Gasteiger partial charge in [-0.25, -0.2) is 4.79 Å². The van der Waals surface area contributed by atoms with Crippen LogP contribution in [-0.4, -0.2) is 19.7 Å². The van der Waals surface area contributed by atoms with Gasteiger partial charge in [-0.3, -0.25) is 0 Å². The third kappa shape index (κ3) is 1.63. The Morgan fingerprint density at radius 3 is 3.07 bits per heavy atom. The minimum Gasteiger partial charge on any atom is -0.465 e. The van der Waals surface area contributed by atoms with Crippen molar-refractivity contribution in [2.45, 2.75) is 13.0 Å². The molecule has 0 radical (unpaired) electrons. The van der Waals surface area contributed by atoms with E-state index in [1.54, 1.807) is 6.07 Å². The van der Waals surface area contributed by atoms with Gasteiger partial charge < -0.3 is 9.47 Å². The van der Waals surface area contributed by atoms with Gasteiger partial charge in [0.2, 0.25) is 0 Å². The van der Waals surface area contributed by atoms with Gasteiger partial charge in [-0.2, -0.15) is 0 Å². The molecule has 3 heteroatoms. The average Bonchev–Trinajstić information content (AvgIpc) is 2.27. The van der Waals surface area contributed by atoms with Crippen molar-refractivity contribution in [1.29, 1.82) is 0 Å². The van der Waals surface area contributed by atoms with Crippen LogP contribution in [0.1, 0.15) is 21.5 Å². The zero-order valence-electron chi connectivity index (χ0n) is 8.08. The normalized spacial score (nSPS) is 14.6. The number of methoxy groups -OCH3 is 1. The minimum absolute atomic E-state index is 0.293. The number of rotatable bonds is 1. The molecule has 0 unspecified atom stereocenters. The first-order chi connectivity index (χ1) is 6.81. The van der Waals surface area contributed by atoms with Crippen LogP contribution in [0.25, 0.3) is 0 Å². The van der Waals surface area contributed by atoms with Crippen LogP contribution in [0.15, 0.2) is 18.2 Å². The molecule has 0 fully saturated rings. The first-order valence-corrected chi connectivity index (χ1v) is 4.59. The van der Waals surface area contributed by atoms with E-state index in [0.717, 1.165) is 18.6 Å². The van der Waals surface area contributed by atoms with Crippen molar-refractivity contribution in [1.82, 2.24) is 0 Å². The van der Waals surface area contributed by atoms with Gasteiger partial charge in [-0.05, 0) is 29.7 Å². The lowest BCUT2D eigenvalue weighted by Gasteiger charge is -2.16. The molecule has 0 saturated carbocycles. The highest BCUT2D eigenvalue weighted by Gasteiger charge is 2.12. The van der Waals surface area contributed by atoms with Gasteiger partial charge in [0.25, 0.3) is 0 Å². The second-order valence-electron chi connectivity index (χ2n) is 3.28. The van der Waals surface area contributed by atoms with E-state index in [4.69, 9.17) is 4.74 Å². The van der Waals surface area contributed by atoms with Crippen LogP contribution in [0.5, 0.6) is 0 Å². The fourth-order valence-corrected chi connectivity index (χ4v) is 1.61. The summed E-state index contributed by atoms with van der Waals surface area (Å²) in [5.74, 6) is -0.293. The third-order valence-electron chi connectivity index (χ3n) is 2.40. The van der Waals surface area contributed by atoms with Crippen molar-refractivity contribution in [3.8, 4) is 0 Å². The fourth-order valence-electron chi connectivity index (χ4n) is 1.61. The number of carbonyl (C=O) groups excluding carboxylic acids is 1. The number of fused-ring (bicyclic) bond motifs is 1. The van der Waals surface area contributed by atoms with Crippen LogP contribution in [0.2, 0.25) is 0 Å². The maximum atomic E-state index is 11.2. The molecule has 0 atom stereocenters. The fraction of sp³-hybridized carbons (Fsp3) is 0.364. The highest BCUT2D eigenvalue weighted by atomic mass is 16.5. The summed E-state index contributed by atoms with van der Waals surface area (Å²) in [5, 5.41) is 0. The maximum Gasteiger partial charge on any atom is 0.337 e. The molecule has 3 nitrogen and oxygen atoms in total. The summed E-state index contributed by atoms with van der Waals surface area (Å²) >= 11 is 0. The van der Waals surface area contributed by atoms with E-state index >= 15 is 0 Å². The Balaban J connectivity index is 2.33. The van der Waals surface area contributed by atoms with Crippen molar-refractivity contribution >= 4 is 5.97 Å². The second-order valence-corrected chi connectivity index (χ2v) is 3.28. The first kappa shape index (κ1) is 9.21. The van der Waals surface area contributed by atoms with Gasteiger partial charge in [0.15, 0.2) is 0 Å². The van der Waals surface area contributed by atoms with Gasteiger partial charge in [0, 0.05) is 0 Å². The highest BCUT2D eigenvalue weighted by molar-refractivity contribution is 5.89. The van der Waals surface area contributed by atoms with Crippen molar-refractivity contribution < 1.29 is 14.3 Å². The lowest BCUT2D eigenvalue weighted by atomic mass is 10.0. The molecule has 0 spiro atoms. The van der Waals surface area contributed by atoms with Crippen LogP contribution in [-0.2, 0) is 22.5 Å². The maximum absolute atomic E-state index is 11.2. The summed E-state index contributed by atoms with van der Waals surface area (Å²) in [7, 11) is 1.39. The summed E-state index contributed by atoms with van der Waals surface area (Å²) in [6.07, 6.45) is 0.927. The van der Waals surface area contributed by atoms with Crippen LogP contribution in [0, 0.1) is 0 Å². The zero-order chi connectivity index (χ0) is 9.97. The number of hydrogen-bond donors (Lipinski definition) is 0. The number of esters is 1. The summed E-state index contributed by atoms with van der Waals surface area (Å²) in [6.45, 7) is 1.37. The van der Waals surface area contributed by atoms with Crippen molar-refractivity contribution in [3.63, 3.8) is 0 Å². The minimum atomic E-state index is -0.293. The number of benzene rings is 1. The van der Waals surface area contributed by atoms with Crippen LogP contribution < -0.4 is 0 Å². The SMILES string of the molecule is COC(=O)c1ccc2c(c1)COCC2.